The summed E-state index contributed by atoms with van der Waals surface area (Å²) in [4.78, 5) is 58.8. The first-order valence-electron chi connectivity index (χ1n) is 35.6. The highest BCUT2D eigenvalue weighted by atomic mass is 35.5. The molecule has 15 atom stereocenters. The molecule has 1 N–H and O–H groups in total. The van der Waals surface area contributed by atoms with E-state index in [4.69, 9.17) is 82.7 Å². The Morgan fingerprint density at radius 2 is 0.589 bits per heavy atom. The number of aryl methyl sites for hydroxylation is 3. The molecule has 0 aliphatic carbocycles. The van der Waals surface area contributed by atoms with Gasteiger partial charge in [-0.3, -0.25) is 4.79 Å². The van der Waals surface area contributed by atoms with Crippen LogP contribution in [0.5, 0.6) is 0 Å². The summed E-state index contributed by atoms with van der Waals surface area (Å²) in [6.07, 6.45) is -22.9. The Kier molecular flexibility index (Phi) is 28.2. The summed E-state index contributed by atoms with van der Waals surface area (Å²) in [5, 5.41) is 12.4. The average Bonchev–Trinajstić information content (AvgIpc) is 0.763. The molecule has 0 spiro atoms. The second-order valence-electron chi connectivity index (χ2n) is 26.4. The number of benzene rings is 9. The second kappa shape index (κ2) is 39.0. The third-order valence-electron chi connectivity index (χ3n) is 18.4. The smallest absolute Gasteiger partial charge is 0.338 e. The zero-order valence-electron chi connectivity index (χ0n) is 59.6. The summed E-state index contributed by atoms with van der Waals surface area (Å²) in [6.45, 7) is 4.69. The highest BCUT2D eigenvalue weighted by Crippen LogP contribution is 2.40. The van der Waals surface area contributed by atoms with Crippen LogP contribution in [-0.4, -0.2) is 147 Å². The first kappa shape index (κ1) is 77.3. The van der Waals surface area contributed by atoms with Crippen molar-refractivity contribution in [2.45, 2.75) is 153 Å². The van der Waals surface area contributed by atoms with Crippen molar-refractivity contribution in [1.29, 1.82) is 0 Å². The van der Waals surface area contributed by atoms with E-state index in [-0.39, 0.29) is 76.2 Å². The van der Waals surface area contributed by atoms with Crippen molar-refractivity contribution in [1.82, 2.24) is 0 Å². The van der Waals surface area contributed by atoms with E-state index in [1.165, 1.54) is 0 Å². The van der Waals surface area contributed by atoms with Crippen LogP contribution < -0.4 is 0 Å². The van der Waals surface area contributed by atoms with E-state index >= 15 is 9.59 Å². The lowest BCUT2D eigenvalue weighted by molar-refractivity contribution is -0.384. The molecule has 0 aromatic heterocycles. The monoisotopic (exact) mass is 1470 g/mol. The third kappa shape index (κ3) is 21.7. The molecule has 107 heavy (non-hydrogen) atoms. The molecule has 0 radical (unpaired) electrons. The molecule has 9 aromatic rings. The normalized spacial score (nSPS) is 24.2. The first-order valence-corrected chi connectivity index (χ1v) is 36.2. The summed E-state index contributed by atoms with van der Waals surface area (Å²) in [5.41, 5.74) is 7.64. The van der Waals surface area contributed by atoms with E-state index < -0.39 is 122 Å². The van der Waals surface area contributed by atoms with Crippen LogP contribution in [-0.2, 0) is 115 Å². The zero-order chi connectivity index (χ0) is 74.3. The van der Waals surface area contributed by atoms with Crippen molar-refractivity contribution < 1.29 is 95.3 Å². The number of ether oxygens (including phenoxy) is 15. The van der Waals surface area contributed by atoms with E-state index in [1.807, 2.05) is 203 Å². The Bertz CT molecular complexity index is 4190. The molecule has 3 aliphatic rings. The number of aliphatic hydroxyl groups excluding tert-OH is 1. The zero-order valence-corrected chi connectivity index (χ0v) is 60.3. The van der Waals surface area contributed by atoms with Crippen molar-refractivity contribution in [2.24, 2.45) is 0 Å². The quantitative estimate of drug-likeness (QED) is 0.0229. The van der Waals surface area contributed by atoms with Crippen molar-refractivity contribution in [3.05, 3.63) is 322 Å². The molecule has 0 amide bonds. The van der Waals surface area contributed by atoms with Crippen LogP contribution in [0.1, 0.15) is 81.1 Å². The number of rotatable bonds is 33. The number of halogens is 1. The Morgan fingerprint density at radius 3 is 0.907 bits per heavy atom. The average molecular weight is 1480 g/mol. The highest BCUT2D eigenvalue weighted by Gasteiger charge is 2.59. The SMILES string of the molecule is Cc1ccc(C(=O)O[C@@H]2[C@H](O[C@@H]3[C@@H](OCc4ccccc4)[C@H](OC(=O)c4ccc(C)cc4)[C@@H](O[C@H]4[C@H](OCc5ccccc5)[C@H](OC(=O)c5ccc(C)cc5)[C@H](O)O[C@@H]4COCc4ccccc4)O[C@H]3COCc3ccccc3)O[C@@H](COCc3ccccc3)[C@H](OC(=O)CCl)[C@@H]2OCc2ccccc2)cc1. The van der Waals surface area contributed by atoms with Gasteiger partial charge in [-0.1, -0.05) is 235 Å². The van der Waals surface area contributed by atoms with Crippen LogP contribution in [0.4, 0.5) is 0 Å². The van der Waals surface area contributed by atoms with Gasteiger partial charge in [0.15, 0.2) is 43.3 Å². The van der Waals surface area contributed by atoms with E-state index in [0.29, 0.717) is 16.7 Å². The molecule has 9 aromatic carbocycles. The van der Waals surface area contributed by atoms with E-state index in [9.17, 15) is 14.7 Å². The topological polar surface area (TPSA) is 227 Å². The van der Waals surface area contributed by atoms with Gasteiger partial charge in [0.25, 0.3) is 0 Å². The van der Waals surface area contributed by atoms with E-state index in [0.717, 1.165) is 33.4 Å². The van der Waals surface area contributed by atoms with Gasteiger partial charge in [0.05, 0.1) is 76.2 Å². The predicted molar refractivity (Wildman–Crippen MR) is 393 cm³/mol. The fraction of sp³-hybridized carbons (Fsp3) is 0.326. The summed E-state index contributed by atoms with van der Waals surface area (Å²) in [5.74, 6) is -3.89. The van der Waals surface area contributed by atoms with Crippen molar-refractivity contribution >= 4 is 35.5 Å². The van der Waals surface area contributed by atoms with Crippen LogP contribution in [0.15, 0.2) is 255 Å². The van der Waals surface area contributed by atoms with E-state index in [1.54, 1.807) is 72.8 Å². The second-order valence-corrected chi connectivity index (χ2v) is 26.7. The maximum atomic E-state index is 15.4. The molecule has 20 nitrogen and oxygen atoms in total. The van der Waals surface area contributed by atoms with Gasteiger partial charge in [-0.05, 0) is 90.6 Å². The summed E-state index contributed by atoms with van der Waals surface area (Å²) in [6, 6.07) is 76.3. The molecule has 21 heteroatoms. The van der Waals surface area contributed by atoms with Gasteiger partial charge in [-0.2, -0.15) is 0 Å². The number of carbonyl (C=O) groups excluding carboxylic acids is 4. The minimum atomic E-state index is -1.84. The van der Waals surface area contributed by atoms with Gasteiger partial charge in [0.2, 0.25) is 0 Å². The van der Waals surface area contributed by atoms with Gasteiger partial charge >= 0.3 is 23.9 Å². The molecule has 3 heterocycles. The van der Waals surface area contributed by atoms with Crippen molar-refractivity contribution in [3.63, 3.8) is 0 Å². The van der Waals surface area contributed by atoms with Gasteiger partial charge in [-0.25, -0.2) is 14.4 Å². The minimum absolute atomic E-state index is 0.0412. The Balaban J connectivity index is 1.01. The van der Waals surface area contributed by atoms with Gasteiger partial charge < -0.3 is 76.2 Å². The van der Waals surface area contributed by atoms with Crippen LogP contribution in [0.3, 0.4) is 0 Å². The van der Waals surface area contributed by atoms with Crippen molar-refractivity contribution in [3.8, 4) is 0 Å². The van der Waals surface area contributed by atoms with Crippen LogP contribution >= 0.6 is 11.6 Å². The highest BCUT2D eigenvalue weighted by molar-refractivity contribution is 6.26. The number of hydrogen-bond donors (Lipinski definition) is 1. The maximum Gasteiger partial charge on any atom is 0.338 e. The fourth-order valence-electron chi connectivity index (χ4n) is 12.7. The summed E-state index contributed by atoms with van der Waals surface area (Å²) in [7, 11) is 0. The number of aliphatic hydroxyl groups is 1. The molecular weight excluding hydrogens is 1390 g/mol. The maximum absolute atomic E-state index is 15.4. The molecule has 3 fully saturated rings. The largest absolute Gasteiger partial charge is 0.456 e. The van der Waals surface area contributed by atoms with Gasteiger partial charge in [0.1, 0.15) is 54.7 Å². The Labute approximate surface area is 627 Å². The van der Waals surface area contributed by atoms with E-state index in [2.05, 4.69) is 0 Å². The van der Waals surface area contributed by atoms with Gasteiger partial charge in [-0.15, -0.1) is 11.6 Å². The number of esters is 4. The number of carbonyl (C=O) groups is 4. The summed E-state index contributed by atoms with van der Waals surface area (Å²) >= 11 is 6.28. The minimum Gasteiger partial charge on any atom is -0.456 e. The Morgan fingerprint density at radius 1 is 0.318 bits per heavy atom. The molecule has 558 valence electrons. The molecular formula is C86H87ClO20. The third-order valence-corrected chi connectivity index (χ3v) is 18.6. The molecule has 0 bridgehead atoms. The molecule has 3 saturated heterocycles. The standard InChI is InChI=1S/C86H87ClO20/c1-56-34-40-65(41-35-56)81(89)103-78-75(96-50-62-28-16-7-17-29-62)73(68(99-84(78)92)53-93-47-59-22-10-4-11-23-59)106-86-80(105-83(91)67-44-38-58(3)39-45-67)77(98-52-64-32-20-9-21-33-64)74(70(101-86)55-95-49-61-26-14-6-15-27-61)107-85-79(104-82(90)66-42-36-57(2)37-43-66)76(97-51-63-30-18-8-19-31-63)72(102-71(88)46-87)69(100-85)54-94-48-60-24-12-5-13-25-60/h4-45,68-70,72-80,84-86,92H,46-55H2,1-3H3/t68-,69+,70+,72+,73-,74+,75+,76+,77-,78+,79+,80+,84-,85+,86-/m1/s1. The fourth-order valence-corrected chi connectivity index (χ4v) is 12.8. The first-order chi connectivity index (χ1) is 52.3. The van der Waals surface area contributed by atoms with Crippen LogP contribution in [0.25, 0.3) is 0 Å². The number of hydrogen-bond acceptors (Lipinski definition) is 20. The number of alkyl halides is 1. The molecule has 0 saturated carbocycles. The van der Waals surface area contributed by atoms with Crippen LogP contribution in [0.2, 0.25) is 0 Å². The van der Waals surface area contributed by atoms with Crippen LogP contribution in [0, 0.1) is 20.8 Å². The molecule has 0 unspecified atom stereocenters. The predicted octanol–water partition coefficient (Wildman–Crippen LogP) is 13.1. The van der Waals surface area contributed by atoms with Crippen molar-refractivity contribution in [2.75, 3.05) is 25.7 Å². The molecule has 12 rings (SSSR count). The van der Waals surface area contributed by atoms with Gasteiger partial charge in [0, 0.05) is 0 Å². The molecule has 3 aliphatic heterocycles. The lowest BCUT2D eigenvalue weighted by Gasteiger charge is -2.51. The lowest BCUT2D eigenvalue weighted by atomic mass is 9.95. The Hall–Kier alpha value is -9.33. The lowest BCUT2D eigenvalue weighted by Crippen LogP contribution is -2.68. The summed E-state index contributed by atoms with van der Waals surface area (Å²) < 4.78 is 103.